The number of thiophene rings is 1. The van der Waals surface area contributed by atoms with Gasteiger partial charge in [-0.1, -0.05) is 6.92 Å². The quantitative estimate of drug-likeness (QED) is 0.829. The Bertz CT molecular complexity index is 346. The molecule has 1 unspecified atom stereocenters. The first-order valence-electron chi connectivity index (χ1n) is 5.64. The lowest BCUT2D eigenvalue weighted by atomic mass is 10.1. The zero-order chi connectivity index (χ0) is 11.5. The third-order valence-corrected chi connectivity index (χ3v) is 3.69. The van der Waals surface area contributed by atoms with Crippen LogP contribution in [-0.2, 0) is 11.3 Å². The van der Waals surface area contributed by atoms with Gasteiger partial charge >= 0.3 is 5.97 Å². The number of rotatable bonds is 6. The summed E-state index contributed by atoms with van der Waals surface area (Å²) in [7, 11) is 0. The normalized spacial score (nSPS) is 17.6. The van der Waals surface area contributed by atoms with E-state index in [1.807, 2.05) is 0 Å². The fourth-order valence-electron chi connectivity index (χ4n) is 1.83. The maximum absolute atomic E-state index is 10.9. The standard InChI is InChI=1S/C12H17NO2S/c1-9(12(14)15)6-13(11-2-3-11)7-10-4-5-16-8-10/h4-5,8-9,11H,2-3,6-7H2,1H3,(H,14,15). The summed E-state index contributed by atoms with van der Waals surface area (Å²) in [5, 5.41) is 13.1. The van der Waals surface area contributed by atoms with Crippen molar-refractivity contribution < 1.29 is 9.90 Å². The van der Waals surface area contributed by atoms with Gasteiger partial charge in [-0.05, 0) is 35.2 Å². The van der Waals surface area contributed by atoms with Crippen molar-refractivity contribution in [1.82, 2.24) is 4.90 Å². The molecular weight excluding hydrogens is 222 g/mol. The first-order valence-corrected chi connectivity index (χ1v) is 6.59. The van der Waals surface area contributed by atoms with Gasteiger partial charge in [0, 0.05) is 19.1 Å². The summed E-state index contributed by atoms with van der Waals surface area (Å²) < 4.78 is 0. The van der Waals surface area contributed by atoms with Gasteiger partial charge in [-0.15, -0.1) is 0 Å². The second kappa shape index (κ2) is 4.97. The number of aliphatic carboxylic acids is 1. The van der Waals surface area contributed by atoms with E-state index in [2.05, 4.69) is 21.7 Å². The second-order valence-electron chi connectivity index (χ2n) is 4.53. The highest BCUT2D eigenvalue weighted by atomic mass is 32.1. The SMILES string of the molecule is CC(CN(Cc1ccsc1)C1CC1)C(=O)O. The van der Waals surface area contributed by atoms with E-state index in [9.17, 15) is 4.79 Å². The van der Waals surface area contributed by atoms with Crippen molar-refractivity contribution in [2.24, 2.45) is 5.92 Å². The van der Waals surface area contributed by atoms with Crippen molar-refractivity contribution in [2.45, 2.75) is 32.4 Å². The van der Waals surface area contributed by atoms with Crippen LogP contribution in [0.25, 0.3) is 0 Å². The Morgan fingerprint density at radius 3 is 2.94 bits per heavy atom. The van der Waals surface area contributed by atoms with Crippen molar-refractivity contribution in [2.75, 3.05) is 6.54 Å². The van der Waals surface area contributed by atoms with Crippen LogP contribution in [0.1, 0.15) is 25.3 Å². The Kier molecular flexibility index (Phi) is 3.61. The van der Waals surface area contributed by atoms with Crippen LogP contribution >= 0.6 is 11.3 Å². The van der Waals surface area contributed by atoms with E-state index >= 15 is 0 Å². The summed E-state index contributed by atoms with van der Waals surface area (Å²) in [6, 6.07) is 2.73. The molecule has 0 aliphatic heterocycles. The lowest BCUT2D eigenvalue weighted by Gasteiger charge is -2.23. The Labute approximate surface area is 99.7 Å². The molecule has 88 valence electrons. The molecule has 1 aliphatic carbocycles. The van der Waals surface area contributed by atoms with Gasteiger partial charge in [0.1, 0.15) is 0 Å². The molecule has 0 aromatic carbocycles. The molecular formula is C12H17NO2S. The highest BCUT2D eigenvalue weighted by Crippen LogP contribution is 2.29. The maximum atomic E-state index is 10.9. The molecule has 1 aliphatic rings. The molecule has 0 spiro atoms. The monoisotopic (exact) mass is 239 g/mol. The molecule has 1 saturated carbocycles. The number of hydrogen-bond donors (Lipinski definition) is 1. The minimum absolute atomic E-state index is 0.278. The van der Waals surface area contributed by atoms with Crippen molar-refractivity contribution in [3.05, 3.63) is 22.4 Å². The average molecular weight is 239 g/mol. The summed E-state index contributed by atoms with van der Waals surface area (Å²) in [5.41, 5.74) is 1.30. The largest absolute Gasteiger partial charge is 0.481 e. The lowest BCUT2D eigenvalue weighted by molar-refractivity contribution is -0.141. The van der Waals surface area contributed by atoms with Gasteiger partial charge in [-0.2, -0.15) is 11.3 Å². The van der Waals surface area contributed by atoms with Crippen LogP contribution < -0.4 is 0 Å². The molecule has 1 aromatic heterocycles. The molecule has 1 aromatic rings. The van der Waals surface area contributed by atoms with E-state index in [0.29, 0.717) is 12.6 Å². The minimum atomic E-state index is -0.698. The van der Waals surface area contributed by atoms with E-state index in [0.717, 1.165) is 6.54 Å². The summed E-state index contributed by atoms with van der Waals surface area (Å²) in [6.45, 7) is 3.34. The molecule has 0 radical (unpaired) electrons. The highest BCUT2D eigenvalue weighted by Gasteiger charge is 2.31. The fraction of sp³-hybridized carbons (Fsp3) is 0.583. The molecule has 3 nitrogen and oxygen atoms in total. The maximum Gasteiger partial charge on any atom is 0.307 e. The fourth-order valence-corrected chi connectivity index (χ4v) is 2.49. The van der Waals surface area contributed by atoms with Gasteiger partial charge in [-0.3, -0.25) is 9.69 Å². The van der Waals surface area contributed by atoms with Crippen LogP contribution in [0.3, 0.4) is 0 Å². The molecule has 0 saturated heterocycles. The van der Waals surface area contributed by atoms with E-state index in [4.69, 9.17) is 5.11 Å². The van der Waals surface area contributed by atoms with Crippen LogP contribution in [0.5, 0.6) is 0 Å². The smallest absolute Gasteiger partial charge is 0.307 e. The second-order valence-corrected chi connectivity index (χ2v) is 5.31. The van der Waals surface area contributed by atoms with Gasteiger partial charge in [0.2, 0.25) is 0 Å². The summed E-state index contributed by atoms with van der Waals surface area (Å²) in [4.78, 5) is 13.2. The first-order chi connectivity index (χ1) is 7.66. The Balaban J connectivity index is 1.92. The Morgan fingerprint density at radius 2 is 2.44 bits per heavy atom. The lowest BCUT2D eigenvalue weighted by Crippen LogP contribution is -2.33. The predicted molar refractivity (Wildman–Crippen MR) is 64.6 cm³/mol. The summed E-state index contributed by atoms with van der Waals surface area (Å²) >= 11 is 1.70. The van der Waals surface area contributed by atoms with Gasteiger partial charge in [0.05, 0.1) is 5.92 Å². The van der Waals surface area contributed by atoms with Crippen molar-refractivity contribution in [3.63, 3.8) is 0 Å². The number of nitrogens with zero attached hydrogens (tertiary/aromatic N) is 1. The van der Waals surface area contributed by atoms with Crippen LogP contribution in [-0.4, -0.2) is 28.6 Å². The summed E-state index contributed by atoms with van der Waals surface area (Å²) in [6.07, 6.45) is 2.44. The molecule has 0 bridgehead atoms. The average Bonchev–Trinajstić information content (AvgIpc) is 2.97. The van der Waals surface area contributed by atoms with Gasteiger partial charge in [-0.25, -0.2) is 0 Å². The summed E-state index contributed by atoms with van der Waals surface area (Å²) in [5.74, 6) is -0.977. The molecule has 16 heavy (non-hydrogen) atoms. The third kappa shape index (κ3) is 3.06. The van der Waals surface area contributed by atoms with Gasteiger partial charge in [0.15, 0.2) is 0 Å². The zero-order valence-electron chi connectivity index (χ0n) is 9.43. The highest BCUT2D eigenvalue weighted by molar-refractivity contribution is 7.07. The topological polar surface area (TPSA) is 40.5 Å². The van der Waals surface area contributed by atoms with E-state index < -0.39 is 5.97 Å². The number of carbonyl (C=O) groups is 1. The Hall–Kier alpha value is -0.870. The van der Waals surface area contributed by atoms with E-state index in [1.54, 1.807) is 18.3 Å². The van der Waals surface area contributed by atoms with Crippen LogP contribution in [0.15, 0.2) is 16.8 Å². The number of hydrogen-bond acceptors (Lipinski definition) is 3. The molecule has 4 heteroatoms. The molecule has 1 fully saturated rings. The van der Waals surface area contributed by atoms with Crippen molar-refractivity contribution >= 4 is 17.3 Å². The Morgan fingerprint density at radius 1 is 1.69 bits per heavy atom. The van der Waals surface area contributed by atoms with E-state index in [1.165, 1.54) is 18.4 Å². The molecule has 2 rings (SSSR count). The van der Waals surface area contributed by atoms with Gasteiger partial charge < -0.3 is 5.11 Å². The van der Waals surface area contributed by atoms with E-state index in [-0.39, 0.29) is 5.92 Å². The molecule has 1 N–H and O–H groups in total. The zero-order valence-corrected chi connectivity index (χ0v) is 10.2. The predicted octanol–water partition coefficient (Wildman–Crippen LogP) is 2.43. The van der Waals surface area contributed by atoms with Crippen LogP contribution in [0.4, 0.5) is 0 Å². The molecule has 0 amide bonds. The number of carboxylic acids is 1. The van der Waals surface area contributed by atoms with Crippen molar-refractivity contribution in [1.29, 1.82) is 0 Å². The number of carboxylic acid groups (broad SMARTS) is 1. The van der Waals surface area contributed by atoms with Gasteiger partial charge in [0.25, 0.3) is 0 Å². The van der Waals surface area contributed by atoms with Crippen LogP contribution in [0, 0.1) is 5.92 Å². The molecule has 1 atom stereocenters. The third-order valence-electron chi connectivity index (χ3n) is 2.96. The minimum Gasteiger partial charge on any atom is -0.481 e. The van der Waals surface area contributed by atoms with Crippen LogP contribution in [0.2, 0.25) is 0 Å². The first kappa shape index (κ1) is 11.6. The van der Waals surface area contributed by atoms with Crippen molar-refractivity contribution in [3.8, 4) is 0 Å². The molecule has 1 heterocycles.